The lowest BCUT2D eigenvalue weighted by molar-refractivity contribution is -0.143. The van der Waals surface area contributed by atoms with Gasteiger partial charge in [0, 0.05) is 123 Å². The number of hydrogen-bond acceptors (Lipinski definition) is 20. The van der Waals surface area contributed by atoms with Gasteiger partial charge in [-0.3, -0.25) is 52.7 Å². The maximum Gasteiger partial charge on any atom is 0.255 e. The Bertz CT molecular complexity index is 6350. The van der Waals surface area contributed by atoms with Crippen molar-refractivity contribution in [2.24, 2.45) is 23.7 Å². The van der Waals surface area contributed by atoms with Gasteiger partial charge in [-0.2, -0.15) is 12.6 Å². The van der Waals surface area contributed by atoms with Crippen LogP contribution in [-0.4, -0.2) is 232 Å². The molecule has 10 heterocycles. The minimum Gasteiger partial charge on any atom is -0.391 e. The molecule has 20 rings (SSSR count). The molecule has 29 heteroatoms. The fourth-order valence-corrected chi connectivity index (χ4v) is 25.8. The Morgan fingerprint density at radius 1 is 0.383 bits per heavy atom. The molecule has 2 saturated carbocycles. The normalized spacial score (nSPS) is 21.1. The van der Waals surface area contributed by atoms with Crippen LogP contribution in [0.1, 0.15) is 266 Å². The molecule has 4 N–H and O–H groups in total. The van der Waals surface area contributed by atoms with E-state index < -0.39 is 60.6 Å². The van der Waals surface area contributed by atoms with Crippen LogP contribution >= 0.6 is 47.5 Å². The van der Waals surface area contributed by atoms with Gasteiger partial charge in [-0.1, -0.05) is 257 Å². The number of aryl methyl sites for hydroxylation is 5. The van der Waals surface area contributed by atoms with Gasteiger partial charge >= 0.3 is 0 Å². The van der Waals surface area contributed by atoms with Crippen molar-refractivity contribution < 1.29 is 68.1 Å². The molecule has 12 atom stereocenters. The Balaban J connectivity index is 0.000000135. The zero-order valence-corrected chi connectivity index (χ0v) is 90.2. The molecule has 0 spiro atoms. The molecule has 8 aromatic carbocycles. The van der Waals surface area contributed by atoms with Crippen molar-refractivity contribution >= 4 is 117 Å². The maximum atomic E-state index is 13.9. The molecular formula is C120H139N11O14S4. The predicted molar refractivity (Wildman–Crippen MR) is 586 cm³/mol. The summed E-state index contributed by atoms with van der Waals surface area (Å²) in [6.07, 6.45) is 11.6. The Labute approximate surface area is 893 Å². The van der Waals surface area contributed by atoms with Crippen LogP contribution in [0.4, 0.5) is 0 Å². The quantitative estimate of drug-likeness (QED) is 0.0199. The van der Waals surface area contributed by atoms with E-state index in [1.54, 1.807) is 70.3 Å². The van der Waals surface area contributed by atoms with E-state index in [1.165, 1.54) is 76.3 Å². The smallest absolute Gasteiger partial charge is 0.255 e. The van der Waals surface area contributed by atoms with Crippen LogP contribution in [0.15, 0.2) is 205 Å². The standard InChI is InChI=1S/C31H38N2O4.C30H33N3O3S2.C30H36N2O4.C29H32N4O3S2/c1-20(2)29(33-18-24-9-5-6-10-26(24)30(33)36)31(37)32-19-25(34)17-27(32)28(35)16-13-21-11-14-23(15-12-21)22-7-3-4-8-22;1-18(2)27(33-15-22-6-4-5-7-24(22)29(33)35)30(36)32-16-23(34)14-25(32)26(37)13-10-20-8-11-21(12-9-20)28-19(3)31-17-38-28;1-19(2)28(32-17-23-6-3-4-9-25(23)29(32)35)30(36)31-18-24(33)16-26(31)27(34)15-12-20-10-13-22(14-11-20)21-7-5-8-21;1-17(2)25(33-14-21-6-4-5-7-23(21)28(33)35)29(36)32-15-22(37)12-24(32)27(34)30-13-19-8-10-20(11-9-19)26-18(3)31-16-38-26/h5-6,9-12,14-15,20,22,25,27,29,34H,3-4,7-8,13,16-19H2,1-2H3;4-9,11-12,17-18,23,25,27,34H,10,13-16H2,1-3H3;3-4,6,9-11,13-14,19,21,24,26,28,33H,5,7-8,12,15-18H2,1-2H3;4-11,16-17,22,24-25,37H,12-15H2,1-3H3,(H,30,34)/t25-,27+,29+;23-,25+,27+;24-,26+,28+;22-,24+,25+/m1111/s1. The number of nitrogens with zero attached hydrogens (tertiary/aromatic N) is 10. The minimum absolute atomic E-state index is 0.0247. The van der Waals surface area contributed by atoms with Gasteiger partial charge in [0.2, 0.25) is 29.5 Å². The van der Waals surface area contributed by atoms with Crippen molar-refractivity contribution in [1.82, 2.24) is 54.5 Å². The number of carbonyl (C=O) groups is 11. The summed E-state index contributed by atoms with van der Waals surface area (Å²) in [6, 6.07) is 58.8. The van der Waals surface area contributed by atoms with Crippen molar-refractivity contribution in [3.8, 4) is 20.9 Å². The van der Waals surface area contributed by atoms with Crippen LogP contribution in [0.25, 0.3) is 20.9 Å². The number of β-amino-alcohol motifs (C(OH)–C–C–N with tert-alkyl or cyclic N) is 3. The second-order valence-electron chi connectivity index (χ2n) is 43.3. The molecule has 25 nitrogen and oxygen atoms in total. The zero-order chi connectivity index (χ0) is 105. The fourth-order valence-electron chi connectivity index (χ4n) is 23.5. The molecule has 782 valence electrons. The highest BCUT2D eigenvalue weighted by molar-refractivity contribution is 7.81. The lowest BCUT2D eigenvalue weighted by Crippen LogP contribution is -2.55. The van der Waals surface area contributed by atoms with Gasteiger partial charge in [-0.15, -0.1) is 22.7 Å². The van der Waals surface area contributed by atoms with E-state index in [0.717, 1.165) is 77.6 Å². The number of thiazole rings is 2. The predicted octanol–water partition coefficient (Wildman–Crippen LogP) is 18.0. The summed E-state index contributed by atoms with van der Waals surface area (Å²) in [5.74, 6) is -0.680. The SMILES string of the molecule is CC(C)[C@@H](C(=O)N1C[C@H](O)C[C@H]1C(=O)CCc1ccc(C2CCC2)cc1)N1Cc2ccccc2C1=O.CC(C)[C@@H](C(=O)N1C[C@H](O)C[C@H]1C(=O)CCc1ccc(C2CCCC2)cc1)N1Cc2ccccc2C1=O.Cc1ncsc1-c1ccc(CCC(=S)[C@@H]2C[C@@H](O)CN2C(=O)[C@H](C(C)C)N2Cc3ccccc3C2=O)cc1.Cc1ncsc1-c1ccc(CNC(=O)[C@@H]2C[C@@H](S)CN2C(=O)[C@H](C(C)C)N2Cc3ccccc3C2=O)cc1. The molecule has 0 radical (unpaired) electrons. The lowest BCUT2D eigenvalue weighted by atomic mass is 9.80. The zero-order valence-electron chi connectivity index (χ0n) is 86.9. The molecule has 2 aromatic heterocycles. The van der Waals surface area contributed by atoms with Crippen molar-refractivity contribution in [3.05, 3.63) is 294 Å². The summed E-state index contributed by atoms with van der Waals surface area (Å²) in [5.41, 5.74) is 21.4. The summed E-state index contributed by atoms with van der Waals surface area (Å²) in [4.78, 5) is 173. The highest BCUT2D eigenvalue weighted by atomic mass is 32.1. The van der Waals surface area contributed by atoms with Crippen LogP contribution in [0, 0.1) is 37.5 Å². The van der Waals surface area contributed by atoms with E-state index >= 15 is 0 Å². The highest BCUT2D eigenvalue weighted by Crippen LogP contribution is 2.42. The largest absolute Gasteiger partial charge is 0.391 e. The minimum atomic E-state index is -0.733. The number of thiocarbonyl (C=S) groups is 1. The van der Waals surface area contributed by atoms with E-state index in [-0.39, 0.29) is 132 Å². The third-order valence-electron chi connectivity index (χ3n) is 31.7. The van der Waals surface area contributed by atoms with E-state index in [0.29, 0.717) is 118 Å². The van der Waals surface area contributed by atoms with Crippen molar-refractivity contribution in [1.29, 1.82) is 0 Å². The lowest BCUT2D eigenvalue weighted by Gasteiger charge is -2.35. The average Bonchev–Trinajstić information content (AvgIpc) is 1.63. The van der Waals surface area contributed by atoms with Gasteiger partial charge in [0.15, 0.2) is 11.6 Å². The van der Waals surface area contributed by atoms with Crippen LogP contribution in [-0.2, 0) is 85.5 Å². The number of hydrogen-bond donors (Lipinski definition) is 5. The first-order valence-electron chi connectivity index (χ1n) is 53.2. The molecule has 6 fully saturated rings. The van der Waals surface area contributed by atoms with Gasteiger partial charge < -0.3 is 59.8 Å². The number of nitrogens with one attached hydrogen (secondary N) is 1. The van der Waals surface area contributed by atoms with Gasteiger partial charge in [0.05, 0.1) is 68.6 Å². The number of ketones is 2. The summed E-state index contributed by atoms with van der Waals surface area (Å²) in [6.45, 7) is 22.4. The van der Waals surface area contributed by atoms with Crippen LogP contribution < -0.4 is 5.32 Å². The van der Waals surface area contributed by atoms with Gasteiger partial charge in [0.25, 0.3) is 23.6 Å². The number of aliphatic hydroxyl groups is 3. The number of fused-ring (bicyclic) bond motifs is 4. The number of aliphatic hydroxyl groups excluding tert-OH is 3. The second kappa shape index (κ2) is 48.0. The summed E-state index contributed by atoms with van der Waals surface area (Å²) >= 11 is 13.7. The van der Waals surface area contributed by atoms with E-state index in [9.17, 15) is 68.1 Å². The molecule has 0 unspecified atom stereocenters. The maximum absolute atomic E-state index is 13.9. The van der Waals surface area contributed by atoms with Gasteiger partial charge in [0.1, 0.15) is 30.2 Å². The number of Topliss-reactive ketones (excluding diaryl/α,β-unsaturated/α-hetero) is 2. The first kappa shape index (κ1) is 108. The Kier molecular flexibility index (Phi) is 34.9. The molecular weight excluding hydrogens is 1950 g/mol. The van der Waals surface area contributed by atoms with E-state index in [4.69, 9.17) is 12.2 Å². The monoisotopic (exact) mass is 2090 g/mol. The van der Waals surface area contributed by atoms with Crippen molar-refractivity contribution in [3.63, 3.8) is 0 Å². The second-order valence-corrected chi connectivity index (χ2v) is 46.3. The van der Waals surface area contributed by atoms with Crippen molar-refractivity contribution in [2.75, 3.05) is 26.2 Å². The first-order valence-corrected chi connectivity index (χ1v) is 55.9. The molecule has 149 heavy (non-hydrogen) atoms. The van der Waals surface area contributed by atoms with Gasteiger partial charge in [-0.05, 0) is 198 Å². The summed E-state index contributed by atoms with van der Waals surface area (Å²) < 4.78 is 0. The topological polar surface area (TPSA) is 312 Å². The first-order chi connectivity index (χ1) is 71.6. The van der Waals surface area contributed by atoms with E-state index in [1.807, 2.05) is 183 Å². The average molecular weight is 2090 g/mol. The van der Waals surface area contributed by atoms with Crippen LogP contribution in [0.3, 0.4) is 0 Å². The fraction of sp³-hybridized carbons (Fsp3) is 0.450. The Morgan fingerprint density at radius 3 is 1.00 bits per heavy atom. The third-order valence-corrected chi connectivity index (χ3v) is 34.5. The number of rotatable bonds is 31. The molecule has 4 saturated heterocycles. The Hall–Kier alpha value is -12.1. The molecule has 0 bridgehead atoms. The molecule has 8 aliphatic heterocycles. The number of aromatic nitrogens is 2. The number of thiol groups is 1. The molecule has 10 aliphatic rings. The highest BCUT2D eigenvalue weighted by Gasteiger charge is 2.52. The molecule has 2 aliphatic carbocycles. The van der Waals surface area contributed by atoms with Crippen LogP contribution in [0.2, 0.25) is 0 Å². The van der Waals surface area contributed by atoms with Crippen molar-refractivity contribution in [2.45, 2.75) is 295 Å². The molecule has 9 amide bonds. The number of likely N-dealkylation sites (tertiary alicyclic amines) is 4. The number of benzene rings is 8. The summed E-state index contributed by atoms with van der Waals surface area (Å²) in [5, 5.41) is 34.3. The third kappa shape index (κ3) is 24.3. The Morgan fingerprint density at radius 2 is 0.685 bits per heavy atom. The van der Waals surface area contributed by atoms with Gasteiger partial charge in [-0.25, -0.2) is 9.97 Å². The molecule has 10 aromatic rings. The summed E-state index contributed by atoms with van der Waals surface area (Å²) in [7, 11) is 0. The number of carbonyl (C=O) groups excluding carboxylic acids is 11. The van der Waals surface area contributed by atoms with E-state index in [2.05, 4.69) is 101 Å². The number of amides is 9. The van der Waals surface area contributed by atoms with Crippen LogP contribution in [0.5, 0.6) is 0 Å².